The van der Waals surface area contributed by atoms with Crippen LogP contribution in [0.4, 0.5) is 94.6 Å². The highest BCUT2D eigenvalue weighted by atomic mass is 19.4. The highest BCUT2D eigenvalue weighted by molar-refractivity contribution is 6.23. The van der Waals surface area contributed by atoms with Crippen LogP contribution < -0.4 is 19.6 Å². The van der Waals surface area contributed by atoms with Gasteiger partial charge in [-0.05, 0) is 236 Å². The molecule has 0 aromatic heterocycles. The van der Waals surface area contributed by atoms with Crippen LogP contribution >= 0.6 is 0 Å². The molecule has 0 saturated carbocycles. The molecule has 0 spiro atoms. The third-order valence-corrected chi connectivity index (χ3v) is 17.4. The second kappa shape index (κ2) is 25.0. The van der Waals surface area contributed by atoms with Crippen LogP contribution in [0.25, 0.3) is 43.8 Å². The SMILES string of the molecule is CC(C)(C)c1ccc(N(c2ccc(C(F)(F)F)cc2)c2ccc3c(-c4ccc(N(c5ccccc5)c5ccccc5)cc4)c4cc(N(c5ccc(C(C)(C)C)cc5)c5ccc(C(F)(F)F)cc5)ccc4c(-c4ccc(N(c5ccccc5)c5ccccc5)cc4)c3c2)cc1. The van der Waals surface area contributed by atoms with Crippen molar-refractivity contribution < 1.29 is 26.3 Å². The van der Waals surface area contributed by atoms with E-state index in [1.54, 1.807) is 0 Å². The van der Waals surface area contributed by atoms with Crippen LogP contribution in [0.2, 0.25) is 0 Å². The Balaban J connectivity index is 1.10. The Morgan fingerprint density at radius 2 is 0.404 bits per heavy atom. The first kappa shape index (κ1) is 62.0. The van der Waals surface area contributed by atoms with E-state index in [0.29, 0.717) is 22.7 Å². The molecule has 0 bridgehead atoms. The van der Waals surface area contributed by atoms with E-state index in [4.69, 9.17) is 0 Å². The van der Waals surface area contributed by atoms with Crippen molar-refractivity contribution in [2.24, 2.45) is 0 Å². The zero-order valence-corrected chi connectivity index (χ0v) is 52.9. The summed E-state index contributed by atoms with van der Waals surface area (Å²) < 4.78 is 86.1. The molecule has 0 N–H and O–H groups in total. The Bertz CT molecular complexity index is 4260. The quantitative estimate of drug-likeness (QED) is 0.0795. The van der Waals surface area contributed by atoms with Crippen LogP contribution in [0.15, 0.2) is 303 Å². The molecule has 0 saturated heterocycles. The number of hydrogen-bond acceptors (Lipinski definition) is 4. The number of alkyl halides is 6. The maximum Gasteiger partial charge on any atom is 0.416 e. The molecule has 94 heavy (non-hydrogen) atoms. The van der Waals surface area contributed by atoms with Crippen molar-refractivity contribution in [3.05, 3.63) is 326 Å². The molecule has 13 rings (SSSR count). The average molecular weight is 1250 g/mol. The van der Waals surface area contributed by atoms with E-state index in [1.165, 1.54) is 24.3 Å². The smallest absolute Gasteiger partial charge is 0.311 e. The minimum Gasteiger partial charge on any atom is -0.311 e. The van der Waals surface area contributed by atoms with Crippen molar-refractivity contribution in [3.8, 4) is 22.3 Å². The molecular weight excluding hydrogens is 1180 g/mol. The lowest BCUT2D eigenvalue weighted by Gasteiger charge is -2.29. The predicted octanol–water partition coefficient (Wildman–Crippen LogP) is 25.8. The van der Waals surface area contributed by atoms with E-state index in [9.17, 15) is 26.3 Å². The number of halogens is 6. The Labute approximate surface area is 545 Å². The summed E-state index contributed by atoms with van der Waals surface area (Å²) in [6, 6.07) is 97.5. The minimum atomic E-state index is -4.55. The molecule has 0 radical (unpaired) electrons. The number of benzene rings is 13. The van der Waals surface area contributed by atoms with Crippen molar-refractivity contribution in [3.63, 3.8) is 0 Å². The van der Waals surface area contributed by atoms with Crippen molar-refractivity contribution in [2.45, 2.75) is 64.7 Å². The molecule has 0 aliphatic carbocycles. The fraction of sp³-hybridized carbons (Fsp3) is 0.119. The van der Waals surface area contributed by atoms with Crippen LogP contribution in [0.1, 0.15) is 63.8 Å². The monoisotopic (exact) mass is 1250 g/mol. The normalized spacial score (nSPS) is 12.0. The highest BCUT2D eigenvalue weighted by Crippen LogP contribution is 2.51. The van der Waals surface area contributed by atoms with E-state index in [1.807, 2.05) is 119 Å². The Kier molecular flexibility index (Phi) is 16.5. The summed E-state index contributed by atoms with van der Waals surface area (Å²) in [4.78, 5) is 8.44. The zero-order chi connectivity index (χ0) is 65.5. The van der Waals surface area contributed by atoms with Crippen LogP contribution in [0.5, 0.6) is 0 Å². The minimum absolute atomic E-state index is 0.174. The molecule has 0 aliphatic rings. The molecule has 0 atom stereocenters. The molecule has 0 unspecified atom stereocenters. The molecule has 0 fully saturated rings. The molecule has 466 valence electrons. The van der Waals surface area contributed by atoms with Crippen LogP contribution in [-0.2, 0) is 23.2 Å². The summed E-state index contributed by atoms with van der Waals surface area (Å²) in [5, 5.41) is 3.49. The Morgan fingerprint density at radius 3 is 0.638 bits per heavy atom. The molecule has 0 aliphatic heterocycles. The number of rotatable bonds is 14. The molecule has 13 aromatic rings. The van der Waals surface area contributed by atoms with Gasteiger partial charge in [0.05, 0.1) is 11.1 Å². The maximum atomic E-state index is 14.4. The third-order valence-electron chi connectivity index (χ3n) is 17.4. The van der Waals surface area contributed by atoms with Gasteiger partial charge in [0.2, 0.25) is 0 Å². The van der Waals surface area contributed by atoms with Gasteiger partial charge >= 0.3 is 12.4 Å². The van der Waals surface area contributed by atoms with Crippen LogP contribution in [0.3, 0.4) is 0 Å². The van der Waals surface area contributed by atoms with Gasteiger partial charge in [0.15, 0.2) is 0 Å². The average Bonchev–Trinajstić information content (AvgIpc) is 0.723. The van der Waals surface area contributed by atoms with Crippen molar-refractivity contribution >= 4 is 89.8 Å². The molecule has 10 heteroatoms. The number of hydrogen-bond donors (Lipinski definition) is 0. The van der Waals surface area contributed by atoms with Crippen molar-refractivity contribution in [2.75, 3.05) is 19.6 Å². The summed E-state index contributed by atoms with van der Waals surface area (Å²) in [6.45, 7) is 12.9. The summed E-state index contributed by atoms with van der Waals surface area (Å²) in [5.74, 6) is 0. The van der Waals surface area contributed by atoms with E-state index in [-0.39, 0.29) is 10.8 Å². The number of nitrogens with zero attached hydrogens (tertiary/aromatic N) is 4. The van der Waals surface area contributed by atoms with Gasteiger partial charge in [-0.2, -0.15) is 26.3 Å². The molecule has 0 amide bonds. The van der Waals surface area contributed by atoms with Gasteiger partial charge in [-0.15, -0.1) is 0 Å². The predicted molar refractivity (Wildman–Crippen MR) is 378 cm³/mol. The first-order valence-electron chi connectivity index (χ1n) is 31.4. The largest absolute Gasteiger partial charge is 0.416 e. The lowest BCUT2D eigenvalue weighted by molar-refractivity contribution is -0.138. The topological polar surface area (TPSA) is 13.0 Å². The standard InChI is InChI=1S/C84H68F6N4/c1-81(2,3)59-31-43-69(44-32-59)93(71-47-35-61(36-48-71)83(85,86)87)73-51-53-75-77(55-73)79(57-27-39-67(40-28-57)91(63-19-11-7-12-20-63)64-21-13-8-14-22-64)76-54-52-74(94(70-45-33-60(34-46-70)82(4,5)6)72-49-37-62(38-50-72)84(88,89)90)56-78(76)80(75)58-29-41-68(42-30-58)92(65-23-15-9-16-24-65)66-25-17-10-18-26-66/h7-56H,1-6H3. The van der Waals surface area contributed by atoms with E-state index < -0.39 is 23.5 Å². The first-order valence-corrected chi connectivity index (χ1v) is 31.4. The summed E-state index contributed by atoms with van der Waals surface area (Å²) >= 11 is 0. The second-order valence-electron chi connectivity index (χ2n) is 25.7. The second-order valence-corrected chi connectivity index (χ2v) is 25.7. The van der Waals surface area contributed by atoms with Gasteiger partial charge in [-0.25, -0.2) is 0 Å². The molecular formula is C84H68F6N4. The van der Waals surface area contributed by atoms with Gasteiger partial charge in [0, 0.05) is 68.2 Å². The van der Waals surface area contributed by atoms with Crippen LogP contribution in [-0.4, -0.2) is 0 Å². The summed E-state index contributed by atoms with van der Waals surface area (Å²) in [5.41, 5.74) is 13.6. The molecule has 4 nitrogen and oxygen atoms in total. The molecule has 0 heterocycles. The number of fused-ring (bicyclic) bond motifs is 2. The fourth-order valence-corrected chi connectivity index (χ4v) is 12.6. The first-order chi connectivity index (χ1) is 45.2. The Hall–Kier alpha value is -10.8. The van der Waals surface area contributed by atoms with Gasteiger partial charge in [0.1, 0.15) is 0 Å². The zero-order valence-electron chi connectivity index (χ0n) is 52.9. The highest BCUT2D eigenvalue weighted by Gasteiger charge is 2.32. The molecule has 13 aromatic carbocycles. The van der Waals surface area contributed by atoms with Gasteiger partial charge in [-0.3, -0.25) is 0 Å². The van der Waals surface area contributed by atoms with E-state index >= 15 is 0 Å². The third kappa shape index (κ3) is 12.6. The fourth-order valence-electron chi connectivity index (χ4n) is 12.6. The van der Waals surface area contributed by atoms with E-state index in [2.05, 4.69) is 197 Å². The summed E-state index contributed by atoms with van der Waals surface area (Å²) in [7, 11) is 0. The maximum absolute atomic E-state index is 14.4. The van der Waals surface area contributed by atoms with E-state index in [0.717, 1.165) is 125 Å². The van der Waals surface area contributed by atoms with Crippen molar-refractivity contribution in [1.29, 1.82) is 0 Å². The van der Waals surface area contributed by atoms with Gasteiger partial charge in [0.25, 0.3) is 0 Å². The summed E-state index contributed by atoms with van der Waals surface area (Å²) in [6.07, 6.45) is -9.10. The van der Waals surface area contributed by atoms with Gasteiger partial charge < -0.3 is 19.6 Å². The Morgan fingerprint density at radius 1 is 0.202 bits per heavy atom. The van der Waals surface area contributed by atoms with Crippen molar-refractivity contribution in [1.82, 2.24) is 0 Å². The lowest BCUT2D eigenvalue weighted by atomic mass is 9.85. The van der Waals surface area contributed by atoms with Gasteiger partial charge in [-0.1, -0.05) is 175 Å². The number of para-hydroxylation sites is 4. The lowest BCUT2D eigenvalue weighted by Crippen LogP contribution is -2.14. The van der Waals surface area contributed by atoms with Crippen LogP contribution in [0, 0.1) is 0 Å². The number of anilines is 12.